The lowest BCUT2D eigenvalue weighted by Gasteiger charge is -2.05. The first-order valence-electron chi connectivity index (χ1n) is 7.16. The lowest BCUT2D eigenvalue weighted by Crippen LogP contribution is -2.16. The number of carbonyl (C=O) groups excluding carboxylic acids is 1. The number of nitrogens with zero attached hydrogens (tertiary/aromatic N) is 2. The number of aromatic nitrogens is 2. The number of fused-ring (bicyclic) bond motifs is 1. The minimum atomic E-state index is 0.0974. The van der Waals surface area contributed by atoms with Crippen molar-refractivity contribution in [3.63, 3.8) is 0 Å². The number of rotatable bonds is 3. The van der Waals surface area contributed by atoms with Crippen LogP contribution in [0, 0.1) is 31.6 Å². The predicted octanol–water partition coefficient (Wildman–Crippen LogP) is 2.82. The summed E-state index contributed by atoms with van der Waals surface area (Å²) >= 11 is 0. The first kappa shape index (κ1) is 11.9. The summed E-state index contributed by atoms with van der Waals surface area (Å²) in [5, 5.41) is 3.78. The Balaban J connectivity index is 1.60. The van der Waals surface area contributed by atoms with E-state index >= 15 is 0 Å². The van der Waals surface area contributed by atoms with Crippen molar-refractivity contribution in [1.29, 1.82) is 0 Å². The van der Waals surface area contributed by atoms with Crippen LogP contribution in [-0.2, 0) is 4.79 Å². The molecule has 0 bridgehead atoms. The number of carbonyl (C=O) groups is 1. The van der Waals surface area contributed by atoms with Crippen molar-refractivity contribution < 1.29 is 9.21 Å². The largest absolute Gasteiger partial charge is 0.443 e. The van der Waals surface area contributed by atoms with E-state index in [0.29, 0.717) is 17.4 Å². The molecule has 104 valence electrons. The van der Waals surface area contributed by atoms with Crippen LogP contribution in [0.15, 0.2) is 10.7 Å². The molecule has 0 radical (unpaired) electrons. The Kier molecular flexibility index (Phi) is 2.40. The second-order valence-electron chi connectivity index (χ2n) is 6.02. The Morgan fingerprint density at radius 1 is 1.35 bits per heavy atom. The second kappa shape index (κ2) is 4.04. The van der Waals surface area contributed by atoms with Gasteiger partial charge in [-0.3, -0.25) is 4.79 Å². The maximum Gasteiger partial charge on any atom is 0.231 e. The molecule has 20 heavy (non-hydrogen) atoms. The Morgan fingerprint density at radius 3 is 2.90 bits per heavy atom. The average Bonchev–Trinajstić information content (AvgIpc) is 3.29. The maximum atomic E-state index is 12.3. The van der Waals surface area contributed by atoms with Gasteiger partial charge in [0.2, 0.25) is 11.6 Å². The van der Waals surface area contributed by atoms with Crippen molar-refractivity contribution in [2.75, 3.05) is 5.32 Å². The van der Waals surface area contributed by atoms with Crippen molar-refractivity contribution in [3.05, 3.63) is 17.7 Å². The van der Waals surface area contributed by atoms with E-state index in [2.05, 4.69) is 15.3 Å². The number of hydrogen-bond donors (Lipinski definition) is 1. The molecule has 2 aromatic heterocycles. The van der Waals surface area contributed by atoms with E-state index in [1.54, 1.807) is 0 Å². The van der Waals surface area contributed by atoms with Crippen LogP contribution in [0.2, 0.25) is 0 Å². The van der Waals surface area contributed by atoms with Crippen LogP contribution in [0.3, 0.4) is 0 Å². The fraction of sp³-hybridized carbons (Fsp3) is 0.533. The number of nitrogens with one attached hydrogen (secondary N) is 1. The molecule has 2 aliphatic rings. The smallest absolute Gasteiger partial charge is 0.231 e. The van der Waals surface area contributed by atoms with Crippen LogP contribution < -0.4 is 5.32 Å². The van der Waals surface area contributed by atoms with Crippen molar-refractivity contribution >= 4 is 22.8 Å². The molecule has 2 atom stereocenters. The highest BCUT2D eigenvalue weighted by atomic mass is 16.3. The molecular formula is C15H17N3O2. The summed E-state index contributed by atoms with van der Waals surface area (Å²) in [4.78, 5) is 20.6. The number of hydrogen-bond acceptors (Lipinski definition) is 4. The van der Waals surface area contributed by atoms with Crippen LogP contribution >= 0.6 is 0 Å². The fourth-order valence-corrected chi connectivity index (χ4v) is 3.05. The summed E-state index contributed by atoms with van der Waals surface area (Å²) in [5.74, 6) is 3.09. The van der Waals surface area contributed by atoms with Gasteiger partial charge in [0.1, 0.15) is 17.9 Å². The molecule has 0 unspecified atom stereocenters. The van der Waals surface area contributed by atoms with Crippen LogP contribution in [0.1, 0.15) is 30.6 Å². The van der Waals surface area contributed by atoms with Crippen molar-refractivity contribution in [1.82, 2.24) is 9.97 Å². The Bertz CT molecular complexity index is 702. The summed E-state index contributed by atoms with van der Waals surface area (Å²) in [5.41, 5.74) is 1.53. The number of anilines is 1. The van der Waals surface area contributed by atoms with Crippen LogP contribution in [0.25, 0.3) is 11.1 Å². The zero-order chi connectivity index (χ0) is 13.9. The van der Waals surface area contributed by atoms with Crippen molar-refractivity contribution in [3.8, 4) is 0 Å². The van der Waals surface area contributed by atoms with Gasteiger partial charge in [0.05, 0.1) is 5.39 Å². The normalized spacial score (nSPS) is 24.9. The highest BCUT2D eigenvalue weighted by Crippen LogP contribution is 2.54. The SMILES string of the molecule is Cc1oc2ncnc(NC(=O)[C@H]3C[C@H]3C3CC3)c2c1C. The minimum absolute atomic E-state index is 0.0974. The molecule has 0 aromatic carbocycles. The zero-order valence-electron chi connectivity index (χ0n) is 11.6. The number of amides is 1. The van der Waals surface area contributed by atoms with Gasteiger partial charge < -0.3 is 9.73 Å². The van der Waals surface area contributed by atoms with Gasteiger partial charge in [-0.25, -0.2) is 9.97 Å². The Labute approximate surface area is 116 Å². The zero-order valence-corrected chi connectivity index (χ0v) is 11.6. The lowest BCUT2D eigenvalue weighted by molar-refractivity contribution is -0.117. The summed E-state index contributed by atoms with van der Waals surface area (Å²) in [7, 11) is 0. The van der Waals surface area contributed by atoms with Gasteiger partial charge >= 0.3 is 0 Å². The second-order valence-corrected chi connectivity index (χ2v) is 6.02. The molecule has 5 nitrogen and oxygen atoms in total. The summed E-state index contributed by atoms with van der Waals surface area (Å²) in [6.45, 7) is 3.86. The third-order valence-electron chi connectivity index (χ3n) is 4.61. The highest BCUT2D eigenvalue weighted by molar-refractivity contribution is 6.01. The van der Waals surface area contributed by atoms with E-state index in [4.69, 9.17) is 4.42 Å². The first-order chi connectivity index (χ1) is 9.65. The molecule has 2 aromatic rings. The van der Waals surface area contributed by atoms with Gasteiger partial charge in [-0.05, 0) is 44.9 Å². The first-order valence-corrected chi connectivity index (χ1v) is 7.16. The number of furan rings is 1. The van der Waals surface area contributed by atoms with Gasteiger partial charge in [0.15, 0.2) is 0 Å². The lowest BCUT2D eigenvalue weighted by atomic mass is 10.2. The fourth-order valence-electron chi connectivity index (χ4n) is 3.05. The van der Waals surface area contributed by atoms with Crippen LogP contribution in [0.5, 0.6) is 0 Å². The predicted molar refractivity (Wildman–Crippen MR) is 74.2 cm³/mol. The monoisotopic (exact) mass is 271 g/mol. The van der Waals surface area contributed by atoms with E-state index in [-0.39, 0.29) is 11.8 Å². The summed E-state index contributed by atoms with van der Waals surface area (Å²) in [6.07, 6.45) is 5.07. The number of aryl methyl sites for hydroxylation is 2. The quantitative estimate of drug-likeness (QED) is 0.932. The topological polar surface area (TPSA) is 68.0 Å². The molecular weight excluding hydrogens is 254 g/mol. The van der Waals surface area contributed by atoms with E-state index < -0.39 is 0 Å². The van der Waals surface area contributed by atoms with Gasteiger partial charge in [0, 0.05) is 11.5 Å². The van der Waals surface area contributed by atoms with Crippen LogP contribution in [-0.4, -0.2) is 15.9 Å². The van der Waals surface area contributed by atoms with E-state index in [1.807, 2.05) is 13.8 Å². The standard InChI is InChI=1S/C15H17N3O2/c1-7-8(2)20-15-12(7)13(16-6-17-15)18-14(19)11-5-10(11)9-3-4-9/h6,9-11H,3-5H2,1-2H3,(H,16,17,18,19)/t10-,11-/m0/s1. The highest BCUT2D eigenvalue weighted by Gasteiger charge is 2.51. The molecule has 0 saturated heterocycles. The molecule has 2 saturated carbocycles. The molecule has 2 fully saturated rings. The van der Waals surface area contributed by atoms with E-state index in [1.165, 1.54) is 19.2 Å². The molecule has 2 heterocycles. The minimum Gasteiger partial charge on any atom is -0.443 e. The van der Waals surface area contributed by atoms with Crippen molar-refractivity contribution in [2.45, 2.75) is 33.1 Å². The molecule has 2 aliphatic carbocycles. The molecule has 0 aliphatic heterocycles. The third-order valence-corrected chi connectivity index (χ3v) is 4.61. The van der Waals surface area contributed by atoms with Gasteiger partial charge in [0.25, 0.3) is 0 Å². The summed E-state index contributed by atoms with van der Waals surface area (Å²) in [6, 6.07) is 0. The van der Waals surface area contributed by atoms with Gasteiger partial charge in [-0.1, -0.05) is 0 Å². The molecule has 1 amide bonds. The summed E-state index contributed by atoms with van der Waals surface area (Å²) < 4.78 is 5.56. The molecule has 1 N–H and O–H groups in total. The van der Waals surface area contributed by atoms with Crippen LogP contribution in [0.4, 0.5) is 5.82 Å². The Morgan fingerprint density at radius 2 is 2.15 bits per heavy atom. The third kappa shape index (κ3) is 1.80. The molecule has 0 spiro atoms. The van der Waals surface area contributed by atoms with E-state index in [9.17, 15) is 4.79 Å². The maximum absolute atomic E-state index is 12.3. The van der Waals surface area contributed by atoms with Crippen molar-refractivity contribution in [2.24, 2.45) is 17.8 Å². The molecule has 4 rings (SSSR count). The van der Waals surface area contributed by atoms with Gasteiger partial charge in [-0.15, -0.1) is 0 Å². The Hall–Kier alpha value is -1.91. The average molecular weight is 271 g/mol. The van der Waals surface area contributed by atoms with Gasteiger partial charge in [-0.2, -0.15) is 0 Å². The molecule has 5 heteroatoms. The van der Waals surface area contributed by atoms with E-state index in [0.717, 1.165) is 29.0 Å².